The normalized spacial score (nSPS) is 16.6. The van der Waals surface area contributed by atoms with Crippen molar-refractivity contribution in [3.63, 3.8) is 0 Å². The van der Waals surface area contributed by atoms with Crippen LogP contribution in [0.25, 0.3) is 0 Å². The summed E-state index contributed by atoms with van der Waals surface area (Å²) >= 11 is 0. The van der Waals surface area contributed by atoms with E-state index in [0.717, 1.165) is 0 Å². The topological polar surface area (TPSA) is 0 Å². The van der Waals surface area contributed by atoms with E-state index in [-0.39, 0.29) is 0 Å². The van der Waals surface area contributed by atoms with Crippen molar-refractivity contribution in [1.29, 1.82) is 0 Å². The summed E-state index contributed by atoms with van der Waals surface area (Å²) in [6.45, 7) is 0.319. The summed E-state index contributed by atoms with van der Waals surface area (Å²) < 4.78 is 148. The highest BCUT2D eigenvalue weighted by molar-refractivity contribution is 5.16. The van der Waals surface area contributed by atoms with E-state index in [9.17, 15) is 52.7 Å². The predicted molar refractivity (Wildman–Crippen MR) is 40.7 cm³/mol. The summed E-state index contributed by atoms with van der Waals surface area (Å²) in [5, 5.41) is 0. The zero-order valence-electron chi connectivity index (χ0n) is 9.11. The van der Waals surface area contributed by atoms with E-state index in [0.29, 0.717) is 6.92 Å². The van der Waals surface area contributed by atoms with Gasteiger partial charge in [0, 0.05) is 0 Å². The van der Waals surface area contributed by atoms with Crippen LogP contribution in [-0.2, 0) is 0 Å². The van der Waals surface area contributed by atoms with Crippen LogP contribution in [-0.4, -0.2) is 29.9 Å². The van der Waals surface area contributed by atoms with Crippen molar-refractivity contribution in [3.8, 4) is 0 Å². The lowest BCUT2D eigenvalue weighted by atomic mass is 9.97. The number of hydrogen-bond acceptors (Lipinski definition) is 0. The number of allylic oxidation sites excluding steroid dienone is 2. The first-order valence-corrected chi connectivity index (χ1v) is 4.38. The first-order chi connectivity index (χ1) is 8.48. The van der Waals surface area contributed by atoms with Gasteiger partial charge in [-0.1, -0.05) is 0 Å². The largest absolute Gasteiger partial charge is 0.460 e. The van der Waals surface area contributed by atoms with Crippen LogP contribution < -0.4 is 0 Å². The Bertz CT molecular complexity index is 387. The number of hydrogen-bond donors (Lipinski definition) is 0. The molecule has 0 aromatic carbocycles. The second-order valence-electron chi connectivity index (χ2n) is 3.43. The molecule has 0 aromatic rings. The lowest BCUT2D eigenvalue weighted by molar-refractivity contribution is -0.419. The minimum atomic E-state index is -7.58. The molecular weight excluding hydrogens is 324 g/mol. The molecule has 0 aliphatic carbocycles. The number of alkyl halides is 11. The maximum atomic E-state index is 12.7. The average molecular weight is 328 g/mol. The minimum absolute atomic E-state index is 0.319. The third-order valence-electron chi connectivity index (χ3n) is 2.09. The molecule has 0 spiro atoms. The Hall–Kier alpha value is -1.10. The van der Waals surface area contributed by atoms with Gasteiger partial charge in [0.15, 0.2) is 5.83 Å². The Morgan fingerprint density at radius 1 is 0.650 bits per heavy atom. The summed E-state index contributed by atoms with van der Waals surface area (Å²) in [5.41, 5.74) is 0. The predicted octanol–water partition coefficient (Wildman–Crippen LogP) is 4.96. The van der Waals surface area contributed by atoms with E-state index in [2.05, 4.69) is 0 Å². The molecule has 0 atom stereocenters. The van der Waals surface area contributed by atoms with Crippen molar-refractivity contribution in [2.45, 2.75) is 36.8 Å². The van der Waals surface area contributed by atoms with Gasteiger partial charge in [0.05, 0.1) is 0 Å². The van der Waals surface area contributed by atoms with Crippen LogP contribution >= 0.6 is 0 Å². The third-order valence-corrected chi connectivity index (χ3v) is 2.09. The molecule has 20 heavy (non-hydrogen) atoms. The molecule has 0 aliphatic heterocycles. The minimum Gasteiger partial charge on any atom is -0.205 e. The standard InChI is InChI=1S/C8H4F12/c1-2-3(9)4(10,11)5(12,13)6(14,15)7(16,17)8(18,19)20/h2H,1H3/b3-2-. The Morgan fingerprint density at radius 3 is 1.25 bits per heavy atom. The fourth-order valence-corrected chi connectivity index (χ4v) is 0.904. The molecule has 0 bridgehead atoms. The number of halogens is 12. The van der Waals surface area contributed by atoms with Gasteiger partial charge in [0.2, 0.25) is 0 Å². The van der Waals surface area contributed by atoms with Gasteiger partial charge in [-0.15, -0.1) is 0 Å². The summed E-state index contributed by atoms with van der Waals surface area (Å²) in [6, 6.07) is 0. The van der Waals surface area contributed by atoms with Crippen LogP contribution in [0, 0.1) is 0 Å². The second-order valence-corrected chi connectivity index (χ2v) is 3.43. The first kappa shape index (κ1) is 18.9. The van der Waals surface area contributed by atoms with Gasteiger partial charge in [-0.3, -0.25) is 0 Å². The molecule has 0 rings (SSSR count). The van der Waals surface area contributed by atoms with Crippen LogP contribution in [0.15, 0.2) is 11.9 Å². The van der Waals surface area contributed by atoms with Crippen molar-refractivity contribution in [2.75, 3.05) is 0 Å². The van der Waals surface area contributed by atoms with Gasteiger partial charge in [0.1, 0.15) is 0 Å². The molecule has 0 nitrogen and oxygen atoms in total. The highest BCUT2D eigenvalue weighted by atomic mass is 19.4. The molecule has 12 heteroatoms. The Balaban J connectivity index is 6.07. The van der Waals surface area contributed by atoms with Gasteiger partial charge in [-0.2, -0.15) is 48.3 Å². The summed E-state index contributed by atoms with van der Waals surface area (Å²) in [6.07, 6.45) is -7.72. The molecule has 0 aromatic heterocycles. The van der Waals surface area contributed by atoms with Crippen molar-refractivity contribution in [2.24, 2.45) is 0 Å². The maximum absolute atomic E-state index is 12.7. The van der Waals surface area contributed by atoms with Crippen molar-refractivity contribution in [3.05, 3.63) is 11.9 Å². The zero-order chi connectivity index (χ0) is 16.8. The zero-order valence-corrected chi connectivity index (χ0v) is 9.11. The Labute approximate surface area is 103 Å². The average Bonchev–Trinajstić information content (AvgIpc) is 2.25. The summed E-state index contributed by atoms with van der Waals surface area (Å²) in [5.74, 6) is -32.2. The van der Waals surface area contributed by atoms with Gasteiger partial charge >= 0.3 is 29.9 Å². The maximum Gasteiger partial charge on any atom is 0.460 e. The molecule has 0 radical (unpaired) electrons. The fraction of sp³-hybridized carbons (Fsp3) is 0.750. The van der Waals surface area contributed by atoms with Crippen LogP contribution in [0.1, 0.15) is 6.92 Å². The highest BCUT2D eigenvalue weighted by Crippen LogP contribution is 2.58. The Kier molecular flexibility index (Phi) is 4.46. The van der Waals surface area contributed by atoms with Gasteiger partial charge in [-0.25, -0.2) is 4.39 Å². The first-order valence-electron chi connectivity index (χ1n) is 4.38. The van der Waals surface area contributed by atoms with Crippen molar-refractivity contribution >= 4 is 0 Å². The van der Waals surface area contributed by atoms with E-state index in [4.69, 9.17) is 0 Å². The van der Waals surface area contributed by atoms with Gasteiger partial charge in [0.25, 0.3) is 0 Å². The van der Waals surface area contributed by atoms with Crippen LogP contribution in [0.3, 0.4) is 0 Å². The van der Waals surface area contributed by atoms with Gasteiger partial charge < -0.3 is 0 Å². The molecule has 0 heterocycles. The number of rotatable bonds is 4. The molecule has 0 saturated heterocycles. The lowest BCUT2D eigenvalue weighted by Crippen LogP contribution is -2.66. The summed E-state index contributed by atoms with van der Waals surface area (Å²) in [7, 11) is 0. The van der Waals surface area contributed by atoms with Gasteiger partial charge in [-0.05, 0) is 13.0 Å². The molecule has 0 saturated carbocycles. The van der Waals surface area contributed by atoms with E-state index in [1.807, 2.05) is 0 Å². The van der Waals surface area contributed by atoms with Crippen molar-refractivity contribution in [1.82, 2.24) is 0 Å². The molecular formula is C8H4F12. The summed E-state index contributed by atoms with van der Waals surface area (Å²) in [4.78, 5) is 0. The third kappa shape index (κ3) is 2.32. The fourth-order valence-electron chi connectivity index (χ4n) is 0.904. The monoisotopic (exact) mass is 328 g/mol. The van der Waals surface area contributed by atoms with Crippen LogP contribution in [0.4, 0.5) is 52.7 Å². The van der Waals surface area contributed by atoms with E-state index in [1.54, 1.807) is 0 Å². The van der Waals surface area contributed by atoms with E-state index in [1.165, 1.54) is 0 Å². The Morgan fingerprint density at radius 2 is 1.00 bits per heavy atom. The second kappa shape index (κ2) is 4.72. The molecule has 120 valence electrons. The molecule has 0 N–H and O–H groups in total. The molecule has 0 amide bonds. The van der Waals surface area contributed by atoms with Crippen molar-refractivity contribution < 1.29 is 52.7 Å². The van der Waals surface area contributed by atoms with Crippen LogP contribution in [0.2, 0.25) is 0 Å². The molecule has 0 aliphatic rings. The smallest absolute Gasteiger partial charge is 0.205 e. The molecule has 0 unspecified atom stereocenters. The van der Waals surface area contributed by atoms with Crippen LogP contribution in [0.5, 0.6) is 0 Å². The highest BCUT2D eigenvalue weighted by Gasteiger charge is 2.87. The quantitative estimate of drug-likeness (QED) is 0.640. The lowest BCUT2D eigenvalue weighted by Gasteiger charge is -2.36. The van der Waals surface area contributed by atoms with E-state index >= 15 is 0 Å². The molecule has 0 fully saturated rings. The van der Waals surface area contributed by atoms with E-state index < -0.39 is 41.8 Å². The SMILES string of the molecule is C/C=C(\F)C(F)(F)C(F)(F)C(F)(F)C(F)(F)C(F)(F)F.